The van der Waals surface area contributed by atoms with E-state index in [-0.39, 0.29) is 24.2 Å². The summed E-state index contributed by atoms with van der Waals surface area (Å²) in [7, 11) is 0. The molecule has 9 heteroatoms. The number of hydrazine groups is 1. The first-order chi connectivity index (χ1) is 17.6. The Bertz CT molecular complexity index is 1130. The molecule has 2 fully saturated rings. The second-order valence-electron chi connectivity index (χ2n) is 9.89. The van der Waals surface area contributed by atoms with E-state index in [0.29, 0.717) is 12.8 Å². The fraction of sp³-hybridized carbons (Fsp3) is 0.407. The van der Waals surface area contributed by atoms with Crippen LogP contribution in [0, 0.1) is 0 Å². The van der Waals surface area contributed by atoms with Gasteiger partial charge in [0.25, 0.3) is 0 Å². The molecule has 0 saturated carbocycles. The van der Waals surface area contributed by atoms with Crippen LogP contribution >= 0.6 is 11.6 Å². The van der Waals surface area contributed by atoms with Crippen molar-refractivity contribution in [3.63, 3.8) is 0 Å². The van der Waals surface area contributed by atoms with Crippen LogP contribution in [-0.4, -0.2) is 69.8 Å². The molecule has 4 aliphatic heterocycles. The first-order valence-electron chi connectivity index (χ1n) is 12.8. The minimum atomic E-state index is 0.0615. The van der Waals surface area contributed by atoms with Crippen LogP contribution < -0.4 is 10.9 Å². The van der Waals surface area contributed by atoms with Crippen molar-refractivity contribution in [3.8, 4) is 0 Å². The average Bonchev–Trinajstić information content (AvgIpc) is 3.53. The average molecular weight is 506 g/mol. The van der Waals surface area contributed by atoms with Gasteiger partial charge in [-0.25, -0.2) is 5.43 Å². The van der Waals surface area contributed by atoms with E-state index in [0.717, 1.165) is 50.0 Å². The fourth-order valence-corrected chi connectivity index (χ4v) is 5.72. The predicted octanol–water partition coefficient (Wildman–Crippen LogP) is 3.11. The molecule has 4 heterocycles. The van der Waals surface area contributed by atoms with Crippen LogP contribution in [0.3, 0.4) is 0 Å². The van der Waals surface area contributed by atoms with Gasteiger partial charge in [-0.1, -0.05) is 54.1 Å². The molecule has 3 atom stereocenters. The molecule has 3 unspecified atom stereocenters. The SMILES string of the molecule is O=C(CCC1=NNC2C3CC(c4ccc(Cl)cc4)NN3C=CN12)N1CCN(Cc2ccccc2)CC1. The molecular formula is C27H32ClN7O. The first kappa shape index (κ1) is 23.3. The van der Waals surface area contributed by atoms with Gasteiger partial charge in [-0.2, -0.15) is 5.10 Å². The highest BCUT2D eigenvalue weighted by molar-refractivity contribution is 6.30. The predicted molar refractivity (Wildman–Crippen MR) is 140 cm³/mol. The lowest BCUT2D eigenvalue weighted by atomic mass is 9.99. The summed E-state index contributed by atoms with van der Waals surface area (Å²) in [5, 5.41) is 7.54. The van der Waals surface area contributed by atoms with Crippen molar-refractivity contribution < 1.29 is 4.79 Å². The number of benzene rings is 2. The lowest BCUT2D eigenvalue weighted by molar-refractivity contribution is -0.132. The minimum absolute atomic E-state index is 0.0615. The summed E-state index contributed by atoms with van der Waals surface area (Å²) in [4.78, 5) is 19.6. The Morgan fingerprint density at radius 3 is 2.56 bits per heavy atom. The smallest absolute Gasteiger partial charge is 0.223 e. The van der Waals surface area contributed by atoms with Crippen LogP contribution in [-0.2, 0) is 11.3 Å². The number of hydrogen-bond donors (Lipinski definition) is 2. The lowest BCUT2D eigenvalue weighted by Crippen LogP contribution is -2.54. The van der Waals surface area contributed by atoms with Gasteiger partial charge in [-0.3, -0.25) is 15.1 Å². The second-order valence-corrected chi connectivity index (χ2v) is 10.3. The molecule has 1 amide bonds. The third-order valence-corrected chi connectivity index (χ3v) is 7.88. The van der Waals surface area contributed by atoms with Gasteiger partial charge in [0.2, 0.25) is 5.91 Å². The highest BCUT2D eigenvalue weighted by Crippen LogP contribution is 2.34. The van der Waals surface area contributed by atoms with Crippen LogP contribution in [0.25, 0.3) is 0 Å². The minimum Gasteiger partial charge on any atom is -0.340 e. The number of nitrogens with zero attached hydrogens (tertiary/aromatic N) is 5. The van der Waals surface area contributed by atoms with Gasteiger partial charge in [-0.15, -0.1) is 0 Å². The topological polar surface area (TPSA) is 66.5 Å². The lowest BCUT2D eigenvalue weighted by Gasteiger charge is -2.37. The van der Waals surface area contributed by atoms with Crippen molar-refractivity contribution >= 4 is 23.3 Å². The highest BCUT2D eigenvalue weighted by atomic mass is 35.5. The van der Waals surface area contributed by atoms with Gasteiger partial charge >= 0.3 is 0 Å². The summed E-state index contributed by atoms with van der Waals surface area (Å²) in [6.07, 6.45) is 6.27. The number of fused-ring (bicyclic) bond motifs is 3. The quantitative estimate of drug-likeness (QED) is 0.629. The number of rotatable bonds is 6. The van der Waals surface area contributed by atoms with E-state index in [1.165, 1.54) is 11.1 Å². The molecule has 2 saturated heterocycles. The molecule has 36 heavy (non-hydrogen) atoms. The number of amides is 1. The standard InChI is InChI=1S/C27H32ClN7O/c28-22-8-6-21(7-9-22)23-18-24-27-30-29-25(34(27)16-17-35(24)31-23)10-11-26(36)33-14-12-32(13-15-33)19-20-4-2-1-3-5-20/h1-9,16-17,23-24,27,30-31H,10-15,18-19H2. The molecule has 0 aliphatic carbocycles. The van der Waals surface area contributed by atoms with Gasteiger partial charge in [0.1, 0.15) is 12.0 Å². The maximum Gasteiger partial charge on any atom is 0.223 e. The van der Waals surface area contributed by atoms with Gasteiger partial charge in [0.05, 0.1) is 12.1 Å². The monoisotopic (exact) mass is 505 g/mol. The van der Waals surface area contributed by atoms with Gasteiger partial charge < -0.3 is 14.8 Å². The van der Waals surface area contributed by atoms with E-state index in [2.05, 4.69) is 79.6 Å². The van der Waals surface area contributed by atoms with E-state index >= 15 is 0 Å². The van der Waals surface area contributed by atoms with Crippen LogP contribution in [0.1, 0.15) is 36.4 Å². The summed E-state index contributed by atoms with van der Waals surface area (Å²) in [5.41, 5.74) is 9.46. The van der Waals surface area contributed by atoms with E-state index in [1.807, 2.05) is 23.1 Å². The largest absolute Gasteiger partial charge is 0.340 e. The number of carbonyl (C=O) groups is 1. The Kier molecular flexibility index (Phi) is 6.56. The third kappa shape index (κ3) is 4.81. The molecular weight excluding hydrogens is 474 g/mol. The first-order valence-corrected chi connectivity index (χ1v) is 13.1. The Labute approximate surface area is 217 Å². The Morgan fingerprint density at radius 2 is 1.78 bits per heavy atom. The van der Waals surface area contributed by atoms with E-state index in [1.54, 1.807) is 0 Å². The van der Waals surface area contributed by atoms with E-state index in [9.17, 15) is 4.79 Å². The van der Waals surface area contributed by atoms with Crippen LogP contribution in [0.2, 0.25) is 5.02 Å². The van der Waals surface area contributed by atoms with Crippen molar-refractivity contribution in [2.45, 2.75) is 44.1 Å². The number of hydrogen-bond acceptors (Lipinski definition) is 7. The zero-order valence-corrected chi connectivity index (χ0v) is 21.0. The molecule has 4 aliphatic rings. The molecule has 2 aromatic carbocycles. The molecule has 0 spiro atoms. The number of piperazine rings is 1. The molecule has 2 aromatic rings. The molecule has 2 N–H and O–H groups in total. The third-order valence-electron chi connectivity index (χ3n) is 7.62. The summed E-state index contributed by atoms with van der Waals surface area (Å²) >= 11 is 6.06. The maximum absolute atomic E-state index is 13.0. The van der Waals surface area contributed by atoms with E-state index < -0.39 is 0 Å². The maximum atomic E-state index is 13.0. The van der Waals surface area contributed by atoms with Crippen LogP contribution in [0.4, 0.5) is 0 Å². The Morgan fingerprint density at radius 1 is 1.00 bits per heavy atom. The van der Waals surface area contributed by atoms with Gasteiger partial charge in [0.15, 0.2) is 0 Å². The number of carbonyl (C=O) groups excluding carboxylic acids is 1. The molecule has 8 nitrogen and oxygen atoms in total. The zero-order valence-electron chi connectivity index (χ0n) is 20.3. The molecule has 6 rings (SSSR count). The number of halogens is 1. The van der Waals surface area contributed by atoms with Crippen molar-refractivity contribution in [2.75, 3.05) is 26.2 Å². The van der Waals surface area contributed by atoms with Crippen LogP contribution in [0.15, 0.2) is 72.1 Å². The molecule has 0 bridgehead atoms. The van der Waals surface area contributed by atoms with E-state index in [4.69, 9.17) is 11.6 Å². The van der Waals surface area contributed by atoms with Crippen molar-refractivity contribution in [1.29, 1.82) is 0 Å². The summed E-state index contributed by atoms with van der Waals surface area (Å²) in [6, 6.07) is 19.0. The Balaban J connectivity index is 0.986. The van der Waals surface area contributed by atoms with Crippen molar-refractivity contribution in [2.24, 2.45) is 5.10 Å². The molecule has 0 aromatic heterocycles. The molecule has 0 radical (unpaired) electrons. The Hall–Kier alpha value is -3.07. The second kappa shape index (κ2) is 10.1. The fourth-order valence-electron chi connectivity index (χ4n) is 5.60. The number of amidine groups is 1. The summed E-state index contributed by atoms with van der Waals surface area (Å²) in [5.74, 6) is 1.15. The van der Waals surface area contributed by atoms with Crippen LogP contribution in [0.5, 0.6) is 0 Å². The zero-order chi connectivity index (χ0) is 24.5. The normalized spacial score (nSPS) is 25.4. The summed E-state index contributed by atoms with van der Waals surface area (Å²) in [6.45, 7) is 4.35. The number of hydrazone groups is 1. The summed E-state index contributed by atoms with van der Waals surface area (Å²) < 4.78 is 0. The number of nitrogens with one attached hydrogen (secondary N) is 2. The van der Waals surface area contributed by atoms with Gasteiger partial charge in [-0.05, 0) is 29.7 Å². The van der Waals surface area contributed by atoms with Gasteiger partial charge in [0, 0.05) is 63.0 Å². The van der Waals surface area contributed by atoms with Crippen molar-refractivity contribution in [1.82, 2.24) is 30.6 Å². The molecule has 188 valence electrons. The highest BCUT2D eigenvalue weighted by Gasteiger charge is 2.44. The van der Waals surface area contributed by atoms with Crippen molar-refractivity contribution in [3.05, 3.63) is 83.1 Å².